The fourth-order valence-electron chi connectivity index (χ4n) is 4.14. The van der Waals surface area contributed by atoms with Crippen molar-refractivity contribution in [1.82, 2.24) is 4.90 Å². The molecule has 5 nitrogen and oxygen atoms in total. The summed E-state index contributed by atoms with van der Waals surface area (Å²) in [6, 6.07) is 21.5. The second-order valence-corrected chi connectivity index (χ2v) is 8.43. The fourth-order valence-corrected chi connectivity index (χ4v) is 4.14. The first-order valence-electron chi connectivity index (χ1n) is 11.5. The maximum Gasteiger partial charge on any atom is 0.416 e. The van der Waals surface area contributed by atoms with E-state index in [0.717, 1.165) is 38.1 Å². The minimum Gasteiger partial charge on any atom is -0.467 e. The van der Waals surface area contributed by atoms with Crippen molar-refractivity contribution in [2.75, 3.05) is 31.9 Å². The van der Waals surface area contributed by atoms with Gasteiger partial charge in [0, 0.05) is 18.8 Å². The van der Waals surface area contributed by atoms with E-state index in [4.69, 9.17) is 9.47 Å². The monoisotopic (exact) mass is 484 g/mol. The Kier molecular flexibility index (Phi) is 8.05. The number of nitrogens with zero attached hydrogens (tertiary/aromatic N) is 1. The highest BCUT2D eigenvalue weighted by molar-refractivity contribution is 6.06. The number of rotatable bonds is 8. The van der Waals surface area contributed by atoms with Gasteiger partial charge in [-0.1, -0.05) is 48.5 Å². The SMILES string of the molecule is O=C(Nc1cccc(C(F)(F)F)c1)c1ccccc1OCOCN1CCC(c2ccccc2)CC1. The molecule has 1 aliphatic rings. The van der Waals surface area contributed by atoms with E-state index in [9.17, 15) is 18.0 Å². The van der Waals surface area contributed by atoms with E-state index in [0.29, 0.717) is 18.4 Å². The molecule has 8 heteroatoms. The van der Waals surface area contributed by atoms with Gasteiger partial charge in [0.05, 0.1) is 11.1 Å². The third-order valence-electron chi connectivity index (χ3n) is 6.01. The third kappa shape index (κ3) is 6.83. The molecule has 1 heterocycles. The van der Waals surface area contributed by atoms with E-state index >= 15 is 0 Å². The Bertz CT molecular complexity index is 1110. The van der Waals surface area contributed by atoms with E-state index in [-0.39, 0.29) is 18.0 Å². The van der Waals surface area contributed by atoms with Crippen molar-refractivity contribution in [2.24, 2.45) is 0 Å². The molecule has 0 spiro atoms. The molecule has 1 N–H and O–H groups in total. The molecule has 0 atom stereocenters. The van der Waals surface area contributed by atoms with Crippen LogP contribution >= 0.6 is 0 Å². The molecular weight excluding hydrogens is 457 g/mol. The number of piperidine rings is 1. The third-order valence-corrected chi connectivity index (χ3v) is 6.01. The second-order valence-electron chi connectivity index (χ2n) is 8.43. The summed E-state index contributed by atoms with van der Waals surface area (Å²) < 4.78 is 50.2. The lowest BCUT2D eigenvalue weighted by Gasteiger charge is -2.31. The molecule has 184 valence electrons. The maximum atomic E-state index is 12.9. The Hall–Kier alpha value is -3.36. The summed E-state index contributed by atoms with van der Waals surface area (Å²) in [5.74, 6) is 0.286. The number of anilines is 1. The van der Waals surface area contributed by atoms with Crippen LogP contribution in [0.5, 0.6) is 5.75 Å². The fraction of sp³-hybridized carbons (Fsp3) is 0.296. The van der Waals surface area contributed by atoms with Gasteiger partial charge in [-0.15, -0.1) is 0 Å². The van der Waals surface area contributed by atoms with Crippen molar-refractivity contribution in [3.63, 3.8) is 0 Å². The molecule has 1 aliphatic heterocycles. The summed E-state index contributed by atoms with van der Waals surface area (Å²) in [5.41, 5.74) is 0.796. The number of hydrogen-bond donors (Lipinski definition) is 1. The van der Waals surface area contributed by atoms with E-state index in [1.807, 2.05) is 6.07 Å². The lowest BCUT2D eigenvalue weighted by molar-refractivity contribution is -0.137. The van der Waals surface area contributed by atoms with Crippen LogP contribution in [-0.4, -0.2) is 37.4 Å². The van der Waals surface area contributed by atoms with Gasteiger partial charge in [0.15, 0.2) is 6.79 Å². The van der Waals surface area contributed by atoms with Gasteiger partial charge in [-0.25, -0.2) is 0 Å². The van der Waals surface area contributed by atoms with Gasteiger partial charge < -0.3 is 14.8 Å². The second kappa shape index (κ2) is 11.4. The average molecular weight is 485 g/mol. The largest absolute Gasteiger partial charge is 0.467 e. The van der Waals surface area contributed by atoms with Crippen LogP contribution in [0.15, 0.2) is 78.9 Å². The number of alkyl halides is 3. The molecule has 0 aliphatic carbocycles. The number of carbonyl (C=O) groups excluding carboxylic acids is 1. The maximum absolute atomic E-state index is 12.9. The molecule has 0 bridgehead atoms. The summed E-state index contributed by atoms with van der Waals surface area (Å²) in [6.07, 6.45) is -2.37. The zero-order chi connectivity index (χ0) is 24.7. The number of benzene rings is 3. The average Bonchev–Trinajstić information content (AvgIpc) is 2.87. The standard InChI is InChI=1S/C27H27F3N2O3/c28-27(29,30)22-9-6-10-23(17-22)31-26(33)24-11-4-5-12-25(24)35-19-34-18-32-15-13-21(14-16-32)20-7-2-1-3-8-20/h1-12,17,21H,13-16,18-19H2,(H,31,33). The number of halogens is 3. The Morgan fingerprint density at radius 2 is 1.66 bits per heavy atom. The number of carbonyl (C=O) groups is 1. The van der Waals surface area contributed by atoms with Crippen LogP contribution in [0, 0.1) is 0 Å². The van der Waals surface area contributed by atoms with Crippen LogP contribution in [-0.2, 0) is 10.9 Å². The van der Waals surface area contributed by atoms with Crippen molar-refractivity contribution in [3.05, 3.63) is 95.6 Å². The predicted molar refractivity (Wildman–Crippen MR) is 127 cm³/mol. The van der Waals surface area contributed by atoms with Crippen molar-refractivity contribution in [2.45, 2.75) is 24.9 Å². The summed E-state index contributed by atoms with van der Waals surface area (Å²) >= 11 is 0. The van der Waals surface area contributed by atoms with Crippen molar-refractivity contribution in [3.8, 4) is 5.75 Å². The van der Waals surface area contributed by atoms with Gasteiger partial charge in [0.25, 0.3) is 5.91 Å². The predicted octanol–water partition coefficient (Wildman–Crippen LogP) is 6.15. The normalized spacial score (nSPS) is 15.1. The highest BCUT2D eigenvalue weighted by Crippen LogP contribution is 2.31. The first-order chi connectivity index (χ1) is 16.9. The smallest absolute Gasteiger partial charge is 0.416 e. The van der Waals surface area contributed by atoms with Crippen LogP contribution in [0.25, 0.3) is 0 Å². The number of ether oxygens (including phenoxy) is 2. The van der Waals surface area contributed by atoms with Crippen LogP contribution in [0.1, 0.15) is 40.2 Å². The number of amides is 1. The minimum absolute atomic E-state index is 0.0491. The highest BCUT2D eigenvalue weighted by Gasteiger charge is 2.30. The van der Waals surface area contributed by atoms with Gasteiger partial charge in [-0.3, -0.25) is 9.69 Å². The van der Waals surface area contributed by atoms with Crippen molar-refractivity contribution in [1.29, 1.82) is 0 Å². The molecule has 4 rings (SSSR count). The van der Waals surface area contributed by atoms with Gasteiger partial charge in [-0.05, 0) is 54.7 Å². The summed E-state index contributed by atoms with van der Waals surface area (Å²) in [5, 5.41) is 2.50. The Morgan fingerprint density at radius 1 is 0.943 bits per heavy atom. The number of hydrogen-bond acceptors (Lipinski definition) is 4. The first kappa shape index (κ1) is 24.8. The lowest BCUT2D eigenvalue weighted by atomic mass is 9.90. The quantitative estimate of drug-likeness (QED) is 0.308. The molecule has 0 aromatic heterocycles. The van der Waals surface area contributed by atoms with Crippen molar-refractivity contribution >= 4 is 11.6 Å². The highest BCUT2D eigenvalue weighted by atomic mass is 19.4. The molecule has 3 aromatic carbocycles. The van der Waals surface area contributed by atoms with Gasteiger partial charge in [-0.2, -0.15) is 13.2 Å². The summed E-state index contributed by atoms with van der Waals surface area (Å²) in [4.78, 5) is 14.9. The molecule has 35 heavy (non-hydrogen) atoms. The lowest BCUT2D eigenvalue weighted by Crippen LogP contribution is -2.35. The van der Waals surface area contributed by atoms with Crippen LogP contribution in [0.3, 0.4) is 0 Å². The van der Waals surface area contributed by atoms with E-state index in [2.05, 4.69) is 34.5 Å². The Labute approximate surface area is 202 Å². The molecule has 0 radical (unpaired) electrons. The molecular formula is C27H27F3N2O3. The molecule has 1 saturated heterocycles. The van der Waals surface area contributed by atoms with Gasteiger partial charge >= 0.3 is 6.18 Å². The number of nitrogens with one attached hydrogen (secondary N) is 1. The van der Waals surface area contributed by atoms with E-state index < -0.39 is 17.6 Å². The Morgan fingerprint density at radius 3 is 2.40 bits per heavy atom. The van der Waals surface area contributed by atoms with Gasteiger partial charge in [0.1, 0.15) is 12.5 Å². The van der Waals surface area contributed by atoms with E-state index in [1.54, 1.807) is 24.3 Å². The number of likely N-dealkylation sites (tertiary alicyclic amines) is 1. The minimum atomic E-state index is -4.49. The molecule has 1 fully saturated rings. The van der Waals surface area contributed by atoms with Crippen LogP contribution < -0.4 is 10.1 Å². The Balaban J connectivity index is 1.26. The topological polar surface area (TPSA) is 50.8 Å². The van der Waals surface area contributed by atoms with Crippen LogP contribution in [0.2, 0.25) is 0 Å². The van der Waals surface area contributed by atoms with Gasteiger partial charge in [0.2, 0.25) is 0 Å². The molecule has 1 amide bonds. The first-order valence-corrected chi connectivity index (χ1v) is 11.5. The number of para-hydroxylation sites is 1. The molecule has 0 unspecified atom stereocenters. The van der Waals surface area contributed by atoms with Crippen molar-refractivity contribution < 1.29 is 27.4 Å². The zero-order valence-corrected chi connectivity index (χ0v) is 19.1. The molecule has 3 aromatic rings. The summed E-state index contributed by atoms with van der Waals surface area (Å²) in [7, 11) is 0. The summed E-state index contributed by atoms with van der Waals surface area (Å²) in [6.45, 7) is 2.22. The van der Waals surface area contributed by atoms with E-state index in [1.165, 1.54) is 17.7 Å². The zero-order valence-electron chi connectivity index (χ0n) is 19.1. The molecule has 0 saturated carbocycles. The van der Waals surface area contributed by atoms with Crippen LogP contribution in [0.4, 0.5) is 18.9 Å².